The minimum Gasteiger partial charge on any atom is -0.385 e. The molecule has 1 aromatic carbocycles. The normalized spacial score (nSPS) is 36.2. The first-order chi connectivity index (χ1) is 7.53. The van der Waals surface area contributed by atoms with E-state index in [-0.39, 0.29) is 0 Å². The molecule has 1 saturated heterocycles. The standard InChI is InChI=1S/C14H21NO/c1-11-9-14(16,10-12(2)15(11)3)13-7-5-4-6-8-13/h4-8,11-12,16H,9-10H2,1-3H3. The Hall–Kier alpha value is -0.860. The highest BCUT2D eigenvalue weighted by atomic mass is 16.3. The molecule has 0 spiro atoms. The van der Waals surface area contributed by atoms with Crippen molar-refractivity contribution in [3.8, 4) is 0 Å². The zero-order chi connectivity index (χ0) is 11.8. The van der Waals surface area contributed by atoms with E-state index < -0.39 is 5.60 Å². The van der Waals surface area contributed by atoms with Crippen LogP contribution in [-0.2, 0) is 5.60 Å². The van der Waals surface area contributed by atoms with E-state index in [4.69, 9.17) is 0 Å². The molecule has 0 aliphatic carbocycles. The smallest absolute Gasteiger partial charge is 0.0926 e. The minimum absolute atomic E-state index is 0.425. The molecule has 2 atom stereocenters. The van der Waals surface area contributed by atoms with Crippen LogP contribution in [0.25, 0.3) is 0 Å². The monoisotopic (exact) mass is 219 g/mol. The first-order valence-electron chi connectivity index (χ1n) is 6.03. The molecule has 16 heavy (non-hydrogen) atoms. The average Bonchev–Trinajstić information content (AvgIpc) is 2.27. The molecular weight excluding hydrogens is 198 g/mol. The fourth-order valence-electron chi connectivity index (χ4n) is 2.77. The van der Waals surface area contributed by atoms with Crippen LogP contribution in [0.15, 0.2) is 30.3 Å². The molecule has 0 radical (unpaired) electrons. The molecule has 88 valence electrons. The van der Waals surface area contributed by atoms with Gasteiger partial charge >= 0.3 is 0 Å². The van der Waals surface area contributed by atoms with Gasteiger partial charge in [-0.2, -0.15) is 0 Å². The maximum atomic E-state index is 10.8. The van der Waals surface area contributed by atoms with E-state index >= 15 is 0 Å². The zero-order valence-electron chi connectivity index (χ0n) is 10.4. The Morgan fingerprint density at radius 1 is 1.12 bits per heavy atom. The maximum absolute atomic E-state index is 10.8. The van der Waals surface area contributed by atoms with Crippen LogP contribution in [0, 0.1) is 0 Å². The number of aliphatic hydroxyl groups is 1. The molecule has 1 N–H and O–H groups in total. The van der Waals surface area contributed by atoms with Crippen LogP contribution in [-0.4, -0.2) is 29.1 Å². The zero-order valence-corrected chi connectivity index (χ0v) is 10.4. The van der Waals surface area contributed by atoms with E-state index in [0.29, 0.717) is 12.1 Å². The molecule has 1 fully saturated rings. The molecule has 0 bridgehead atoms. The lowest BCUT2D eigenvalue weighted by Crippen LogP contribution is -2.50. The van der Waals surface area contributed by atoms with Crippen LogP contribution < -0.4 is 0 Å². The van der Waals surface area contributed by atoms with Crippen LogP contribution in [0.1, 0.15) is 32.3 Å². The Kier molecular flexibility index (Phi) is 3.04. The molecule has 2 rings (SSSR count). The topological polar surface area (TPSA) is 23.5 Å². The second-order valence-electron chi connectivity index (χ2n) is 5.17. The van der Waals surface area contributed by atoms with Gasteiger partial charge in [0, 0.05) is 12.1 Å². The lowest BCUT2D eigenvalue weighted by atomic mass is 9.78. The first-order valence-corrected chi connectivity index (χ1v) is 6.03. The van der Waals surface area contributed by atoms with E-state index in [2.05, 4.69) is 25.8 Å². The quantitative estimate of drug-likeness (QED) is 0.784. The fourth-order valence-corrected chi connectivity index (χ4v) is 2.77. The van der Waals surface area contributed by atoms with Crippen molar-refractivity contribution in [3.63, 3.8) is 0 Å². The summed E-state index contributed by atoms with van der Waals surface area (Å²) in [6, 6.07) is 10.9. The number of hydrogen-bond acceptors (Lipinski definition) is 2. The number of hydrogen-bond donors (Lipinski definition) is 1. The Balaban J connectivity index is 2.27. The number of benzene rings is 1. The molecule has 2 heteroatoms. The van der Waals surface area contributed by atoms with Crippen molar-refractivity contribution in [2.75, 3.05) is 7.05 Å². The van der Waals surface area contributed by atoms with Gasteiger partial charge < -0.3 is 10.0 Å². The van der Waals surface area contributed by atoms with Crippen molar-refractivity contribution in [1.29, 1.82) is 0 Å². The van der Waals surface area contributed by atoms with E-state index in [1.807, 2.05) is 30.3 Å². The van der Waals surface area contributed by atoms with Gasteiger partial charge in [0.25, 0.3) is 0 Å². The molecule has 2 unspecified atom stereocenters. The SMILES string of the molecule is CC1CC(O)(c2ccccc2)CC(C)N1C. The summed E-state index contributed by atoms with van der Waals surface area (Å²) in [5, 5.41) is 10.8. The maximum Gasteiger partial charge on any atom is 0.0926 e. The average molecular weight is 219 g/mol. The Morgan fingerprint density at radius 3 is 2.12 bits per heavy atom. The molecule has 1 aliphatic heterocycles. The van der Waals surface area contributed by atoms with Crippen molar-refractivity contribution in [1.82, 2.24) is 4.90 Å². The van der Waals surface area contributed by atoms with Crippen molar-refractivity contribution in [2.45, 2.75) is 44.4 Å². The van der Waals surface area contributed by atoms with Crippen LogP contribution in [0.4, 0.5) is 0 Å². The van der Waals surface area contributed by atoms with Gasteiger partial charge in [-0.1, -0.05) is 30.3 Å². The van der Waals surface area contributed by atoms with Crippen LogP contribution >= 0.6 is 0 Å². The predicted molar refractivity (Wildman–Crippen MR) is 66.3 cm³/mol. The third-order valence-electron chi connectivity index (χ3n) is 3.97. The van der Waals surface area contributed by atoms with Crippen LogP contribution in [0.2, 0.25) is 0 Å². The second-order valence-corrected chi connectivity index (χ2v) is 5.17. The van der Waals surface area contributed by atoms with Gasteiger partial charge in [0.05, 0.1) is 5.60 Å². The van der Waals surface area contributed by atoms with E-state index in [0.717, 1.165) is 18.4 Å². The number of rotatable bonds is 1. The molecule has 2 nitrogen and oxygen atoms in total. The van der Waals surface area contributed by atoms with Crippen LogP contribution in [0.3, 0.4) is 0 Å². The molecule has 1 heterocycles. The van der Waals surface area contributed by atoms with Crippen LogP contribution in [0.5, 0.6) is 0 Å². The highest BCUT2D eigenvalue weighted by Gasteiger charge is 2.39. The molecule has 1 aliphatic rings. The molecule has 0 amide bonds. The van der Waals surface area contributed by atoms with Crippen molar-refractivity contribution in [3.05, 3.63) is 35.9 Å². The van der Waals surface area contributed by atoms with Gasteiger partial charge in [-0.15, -0.1) is 0 Å². The van der Waals surface area contributed by atoms with Gasteiger partial charge in [0.15, 0.2) is 0 Å². The van der Waals surface area contributed by atoms with Gasteiger partial charge in [0.2, 0.25) is 0 Å². The second kappa shape index (κ2) is 4.19. The molecule has 0 aromatic heterocycles. The lowest BCUT2D eigenvalue weighted by Gasteiger charge is -2.45. The number of nitrogens with zero attached hydrogens (tertiary/aromatic N) is 1. The summed E-state index contributed by atoms with van der Waals surface area (Å²) in [6.45, 7) is 4.37. The van der Waals surface area contributed by atoms with Gasteiger partial charge in [-0.3, -0.25) is 0 Å². The van der Waals surface area contributed by atoms with Gasteiger partial charge in [0.1, 0.15) is 0 Å². The summed E-state index contributed by atoms with van der Waals surface area (Å²) in [6.07, 6.45) is 1.63. The Morgan fingerprint density at radius 2 is 1.62 bits per heavy atom. The lowest BCUT2D eigenvalue weighted by molar-refractivity contribution is -0.0629. The highest BCUT2D eigenvalue weighted by Crippen LogP contribution is 2.37. The van der Waals surface area contributed by atoms with Crippen molar-refractivity contribution >= 4 is 0 Å². The number of piperidine rings is 1. The van der Waals surface area contributed by atoms with E-state index in [9.17, 15) is 5.11 Å². The predicted octanol–water partition coefficient (Wildman–Crippen LogP) is 2.38. The van der Waals surface area contributed by atoms with Gasteiger partial charge in [-0.05, 0) is 39.3 Å². The third kappa shape index (κ3) is 2.00. The summed E-state index contributed by atoms with van der Waals surface area (Å²) in [4.78, 5) is 2.34. The summed E-state index contributed by atoms with van der Waals surface area (Å²) >= 11 is 0. The fraction of sp³-hybridized carbons (Fsp3) is 0.571. The summed E-state index contributed by atoms with van der Waals surface area (Å²) in [7, 11) is 2.14. The first kappa shape index (κ1) is 11.6. The summed E-state index contributed by atoms with van der Waals surface area (Å²) in [5.74, 6) is 0. The van der Waals surface area contributed by atoms with Crippen molar-refractivity contribution < 1.29 is 5.11 Å². The van der Waals surface area contributed by atoms with E-state index in [1.165, 1.54) is 0 Å². The third-order valence-corrected chi connectivity index (χ3v) is 3.97. The van der Waals surface area contributed by atoms with Crippen molar-refractivity contribution in [2.24, 2.45) is 0 Å². The largest absolute Gasteiger partial charge is 0.385 e. The molecule has 1 aromatic rings. The minimum atomic E-state index is -0.646. The number of likely N-dealkylation sites (tertiary alicyclic amines) is 1. The molecular formula is C14H21NO. The van der Waals surface area contributed by atoms with Gasteiger partial charge in [-0.25, -0.2) is 0 Å². The van der Waals surface area contributed by atoms with E-state index in [1.54, 1.807) is 0 Å². The Labute approximate surface area is 97.9 Å². The molecule has 0 saturated carbocycles. The highest BCUT2D eigenvalue weighted by molar-refractivity contribution is 5.23. The summed E-state index contributed by atoms with van der Waals surface area (Å²) in [5.41, 5.74) is 0.411. The Bertz CT molecular complexity index is 337. The summed E-state index contributed by atoms with van der Waals surface area (Å²) < 4.78 is 0.